The van der Waals surface area contributed by atoms with Gasteiger partial charge in [0.1, 0.15) is 11.9 Å². The fourth-order valence-corrected chi connectivity index (χ4v) is 5.75. The smallest absolute Gasteiger partial charge is 0.412 e. The lowest BCUT2D eigenvalue weighted by atomic mass is 9.69. The van der Waals surface area contributed by atoms with Crippen molar-refractivity contribution in [1.82, 2.24) is 0 Å². The van der Waals surface area contributed by atoms with E-state index in [0.29, 0.717) is 5.57 Å². The molecule has 0 saturated carbocycles. The molecule has 1 aliphatic rings. The van der Waals surface area contributed by atoms with Crippen LogP contribution < -0.4 is 0 Å². The van der Waals surface area contributed by atoms with E-state index in [1.54, 1.807) is 6.92 Å². The summed E-state index contributed by atoms with van der Waals surface area (Å²) >= 11 is 0. The van der Waals surface area contributed by atoms with Crippen LogP contribution in [0.25, 0.3) is 0 Å². The number of esters is 1. The highest BCUT2D eigenvalue weighted by molar-refractivity contribution is 6.74. The SMILES string of the molecule is C=C[C@H](C)[C@H](O[Si](C)(C)C(C)(C)C)[C@@H](C)C(=O)C(C)(C)[C@@H](C)CC(=O)OC1CC=C(C(F)(F)F)CC=C1C. The van der Waals surface area contributed by atoms with Crippen molar-refractivity contribution in [2.75, 3.05) is 0 Å². The Bertz CT molecular complexity index is 925. The van der Waals surface area contributed by atoms with Crippen LogP contribution in [0.4, 0.5) is 13.2 Å². The summed E-state index contributed by atoms with van der Waals surface area (Å²) in [6.07, 6.45) is -1.38. The van der Waals surface area contributed by atoms with Crippen LogP contribution in [0.15, 0.2) is 36.0 Å². The van der Waals surface area contributed by atoms with Gasteiger partial charge < -0.3 is 9.16 Å². The molecule has 1 aliphatic carbocycles. The maximum absolute atomic E-state index is 13.8. The van der Waals surface area contributed by atoms with Crippen molar-refractivity contribution in [3.05, 3.63) is 36.0 Å². The molecule has 0 spiro atoms. The van der Waals surface area contributed by atoms with Crippen LogP contribution in [0.5, 0.6) is 0 Å². The molecule has 0 N–H and O–H groups in total. The molecule has 218 valence electrons. The minimum atomic E-state index is -4.40. The van der Waals surface area contributed by atoms with Crippen LogP contribution in [-0.2, 0) is 18.8 Å². The van der Waals surface area contributed by atoms with Crippen molar-refractivity contribution in [2.45, 2.75) is 118 Å². The van der Waals surface area contributed by atoms with Crippen LogP contribution in [0, 0.1) is 23.2 Å². The summed E-state index contributed by atoms with van der Waals surface area (Å²) < 4.78 is 51.6. The minimum absolute atomic E-state index is 0.00138. The fourth-order valence-electron chi connectivity index (χ4n) is 4.30. The molecule has 0 radical (unpaired) electrons. The summed E-state index contributed by atoms with van der Waals surface area (Å²) in [5.41, 5.74) is -0.895. The highest BCUT2D eigenvalue weighted by Crippen LogP contribution is 2.41. The van der Waals surface area contributed by atoms with Gasteiger partial charge in [-0.05, 0) is 48.9 Å². The summed E-state index contributed by atoms with van der Waals surface area (Å²) in [5, 5.41) is -0.0257. The highest BCUT2D eigenvalue weighted by Gasteiger charge is 2.46. The predicted octanol–water partition coefficient (Wildman–Crippen LogP) is 8.60. The number of allylic oxidation sites excluding steroid dienone is 2. The number of ketones is 1. The lowest BCUT2D eigenvalue weighted by molar-refractivity contribution is -0.150. The molecule has 0 fully saturated rings. The third-order valence-electron chi connectivity index (χ3n) is 8.74. The van der Waals surface area contributed by atoms with Crippen LogP contribution in [0.1, 0.15) is 81.6 Å². The third-order valence-corrected chi connectivity index (χ3v) is 13.2. The van der Waals surface area contributed by atoms with Gasteiger partial charge in [-0.25, -0.2) is 0 Å². The topological polar surface area (TPSA) is 52.6 Å². The Labute approximate surface area is 229 Å². The Kier molecular flexibility index (Phi) is 11.5. The summed E-state index contributed by atoms with van der Waals surface area (Å²) in [5.74, 6) is -1.35. The van der Waals surface area contributed by atoms with E-state index in [1.807, 2.05) is 40.7 Å². The molecule has 0 aromatic carbocycles. The van der Waals surface area contributed by atoms with E-state index in [0.717, 1.165) is 6.08 Å². The van der Waals surface area contributed by atoms with Crippen molar-refractivity contribution in [1.29, 1.82) is 0 Å². The Balaban J connectivity index is 3.01. The van der Waals surface area contributed by atoms with Gasteiger partial charge in [-0.1, -0.05) is 73.6 Å². The van der Waals surface area contributed by atoms with Gasteiger partial charge in [0.05, 0.1) is 6.10 Å². The van der Waals surface area contributed by atoms with Gasteiger partial charge in [-0.2, -0.15) is 13.2 Å². The Morgan fingerprint density at radius 1 is 1.11 bits per heavy atom. The molecule has 4 nitrogen and oxygen atoms in total. The second-order valence-electron chi connectivity index (χ2n) is 13.0. The first-order chi connectivity index (χ1) is 17.1. The van der Waals surface area contributed by atoms with Gasteiger partial charge in [0, 0.05) is 29.7 Å². The second kappa shape index (κ2) is 12.7. The van der Waals surface area contributed by atoms with Crippen molar-refractivity contribution in [2.24, 2.45) is 23.2 Å². The quantitative estimate of drug-likeness (QED) is 0.145. The fraction of sp³-hybridized carbons (Fsp3) is 0.733. The Hall–Kier alpha value is -1.67. The summed E-state index contributed by atoms with van der Waals surface area (Å²) in [6.45, 7) is 25.8. The first-order valence-electron chi connectivity index (χ1n) is 13.5. The third kappa shape index (κ3) is 8.67. The van der Waals surface area contributed by atoms with E-state index in [-0.39, 0.29) is 48.0 Å². The van der Waals surface area contributed by atoms with Crippen molar-refractivity contribution < 1.29 is 31.9 Å². The zero-order chi connectivity index (χ0) is 29.9. The number of carbonyl (C=O) groups is 2. The average Bonchev–Trinajstić information content (AvgIpc) is 2.96. The maximum atomic E-state index is 13.8. The van der Waals surface area contributed by atoms with Crippen molar-refractivity contribution in [3.63, 3.8) is 0 Å². The molecule has 1 rings (SSSR count). The Morgan fingerprint density at radius 3 is 2.13 bits per heavy atom. The minimum Gasteiger partial charge on any atom is -0.457 e. The van der Waals surface area contributed by atoms with Crippen LogP contribution in [-0.4, -0.2) is 38.5 Å². The Morgan fingerprint density at radius 2 is 1.66 bits per heavy atom. The number of hydrogen-bond donors (Lipinski definition) is 0. The number of rotatable bonds is 11. The molecular weight excluding hydrogens is 509 g/mol. The van der Waals surface area contributed by atoms with Crippen LogP contribution in [0.3, 0.4) is 0 Å². The van der Waals surface area contributed by atoms with E-state index in [2.05, 4.69) is 40.4 Å². The second-order valence-corrected chi connectivity index (χ2v) is 17.8. The van der Waals surface area contributed by atoms with Gasteiger partial charge in [0.2, 0.25) is 0 Å². The molecule has 0 aromatic heterocycles. The lowest BCUT2D eigenvalue weighted by Crippen LogP contribution is -2.50. The molecule has 0 aromatic rings. The van der Waals surface area contributed by atoms with Crippen LogP contribution >= 0.6 is 0 Å². The normalized spacial score (nSPS) is 20.8. The van der Waals surface area contributed by atoms with Gasteiger partial charge in [0.15, 0.2) is 8.32 Å². The molecule has 1 unspecified atom stereocenters. The van der Waals surface area contributed by atoms with Gasteiger partial charge in [-0.15, -0.1) is 6.58 Å². The number of carbonyl (C=O) groups excluding carboxylic acids is 2. The molecule has 5 atom stereocenters. The highest BCUT2D eigenvalue weighted by atomic mass is 28.4. The number of ether oxygens (including phenoxy) is 1. The molecule has 38 heavy (non-hydrogen) atoms. The number of halogens is 3. The first-order valence-corrected chi connectivity index (χ1v) is 16.4. The molecule has 0 saturated heterocycles. The number of Topliss-reactive ketones (excluding diaryl/α,β-unsaturated/α-hetero) is 1. The van der Waals surface area contributed by atoms with Crippen LogP contribution in [0.2, 0.25) is 18.1 Å². The molecule has 0 bridgehead atoms. The lowest BCUT2D eigenvalue weighted by Gasteiger charge is -2.43. The monoisotopic (exact) mass is 558 g/mol. The molecular formula is C30H49F3O4Si. The predicted molar refractivity (Wildman–Crippen MR) is 150 cm³/mol. The largest absolute Gasteiger partial charge is 0.457 e. The average molecular weight is 559 g/mol. The zero-order valence-corrected chi connectivity index (χ0v) is 26.2. The molecule has 0 heterocycles. The van der Waals surface area contributed by atoms with Crippen molar-refractivity contribution >= 4 is 20.1 Å². The van der Waals surface area contributed by atoms with E-state index >= 15 is 0 Å². The van der Waals surface area contributed by atoms with E-state index < -0.39 is 43.5 Å². The molecule has 8 heteroatoms. The van der Waals surface area contributed by atoms with Gasteiger partial charge in [-0.3, -0.25) is 9.59 Å². The van der Waals surface area contributed by atoms with Gasteiger partial charge >= 0.3 is 12.1 Å². The van der Waals surface area contributed by atoms with E-state index in [1.165, 1.54) is 6.08 Å². The summed E-state index contributed by atoms with van der Waals surface area (Å²) in [7, 11) is -2.18. The molecule has 0 amide bonds. The summed E-state index contributed by atoms with van der Waals surface area (Å²) in [4.78, 5) is 26.7. The maximum Gasteiger partial charge on any atom is 0.412 e. The van der Waals surface area contributed by atoms with Crippen molar-refractivity contribution in [3.8, 4) is 0 Å². The number of hydrogen-bond acceptors (Lipinski definition) is 4. The first kappa shape index (κ1) is 34.4. The van der Waals surface area contributed by atoms with E-state index in [4.69, 9.17) is 9.16 Å². The van der Waals surface area contributed by atoms with E-state index in [9.17, 15) is 22.8 Å². The molecule has 0 aliphatic heterocycles. The summed E-state index contributed by atoms with van der Waals surface area (Å²) in [6, 6.07) is 0. The zero-order valence-electron chi connectivity index (χ0n) is 25.2. The standard InChI is InChI=1S/C30H49F3O4Si/c1-13-19(2)26(37-38(11,12)28(6,7)8)22(5)27(35)29(9,10)21(4)18-25(34)36-24-17-16-23(30(31,32)33)15-14-20(24)3/h13-14,16,19,21-22,24,26H,1,15,17-18H2,2-12H3/t19-,21-,22+,24?,26-/m0/s1. The van der Waals surface area contributed by atoms with Gasteiger partial charge in [0.25, 0.3) is 0 Å². The number of alkyl halides is 3.